The molecule has 7 nitrogen and oxygen atoms in total. The maximum atomic E-state index is 12.1. The number of hydrogen-bond acceptors (Lipinski definition) is 6. The number of pyridine rings is 1. The molecule has 0 saturated carbocycles. The third-order valence-electron chi connectivity index (χ3n) is 3.81. The summed E-state index contributed by atoms with van der Waals surface area (Å²) in [4.78, 5) is 14.5. The number of nitrogens with zero attached hydrogens (tertiary/aromatic N) is 2. The highest BCUT2D eigenvalue weighted by Crippen LogP contribution is 2.41. The second kappa shape index (κ2) is 9.11. The molecule has 0 bridgehead atoms. The van der Waals surface area contributed by atoms with Crippen LogP contribution < -0.4 is 20.8 Å². The first-order valence-corrected chi connectivity index (χ1v) is 9.23. The van der Waals surface area contributed by atoms with E-state index >= 15 is 0 Å². The number of halogens is 1. The number of unbranched alkanes of at least 4 members (excludes halogenated alkanes) is 1. The van der Waals surface area contributed by atoms with Crippen molar-refractivity contribution in [3.05, 3.63) is 38.1 Å². The summed E-state index contributed by atoms with van der Waals surface area (Å²) in [5.74, 6) is 0.891. The van der Waals surface area contributed by atoms with E-state index in [9.17, 15) is 15.3 Å². The Labute approximate surface area is 165 Å². The number of aromatic amines is 1. The first-order valence-electron chi connectivity index (χ1n) is 8.43. The van der Waals surface area contributed by atoms with E-state index in [1.165, 1.54) is 0 Å². The van der Waals surface area contributed by atoms with E-state index in [4.69, 9.17) is 15.2 Å². The van der Waals surface area contributed by atoms with Crippen molar-refractivity contribution in [1.29, 1.82) is 10.5 Å². The largest absolute Gasteiger partial charge is 0.490 e. The number of benzene rings is 1. The number of ether oxygens (including phenoxy) is 2. The Balaban J connectivity index is 2.73. The van der Waals surface area contributed by atoms with Crippen LogP contribution in [0.1, 0.15) is 37.8 Å². The van der Waals surface area contributed by atoms with E-state index in [1.54, 1.807) is 12.1 Å². The molecular formula is C19H19BrN4O3. The molecule has 0 unspecified atom stereocenters. The van der Waals surface area contributed by atoms with Gasteiger partial charge in [-0.3, -0.25) is 4.79 Å². The van der Waals surface area contributed by atoms with Gasteiger partial charge < -0.3 is 20.2 Å². The second-order valence-corrected chi connectivity index (χ2v) is 6.49. The summed E-state index contributed by atoms with van der Waals surface area (Å²) < 4.78 is 12.1. The number of aromatic nitrogens is 1. The van der Waals surface area contributed by atoms with Crippen LogP contribution in [0.3, 0.4) is 0 Å². The predicted octanol–water partition coefficient (Wildman–Crippen LogP) is 3.71. The van der Waals surface area contributed by atoms with Crippen LogP contribution in [0.5, 0.6) is 11.5 Å². The molecule has 0 aliphatic heterocycles. The lowest BCUT2D eigenvalue weighted by Crippen LogP contribution is -2.16. The van der Waals surface area contributed by atoms with Crippen molar-refractivity contribution in [3.8, 4) is 34.8 Å². The number of nitriles is 2. The van der Waals surface area contributed by atoms with Gasteiger partial charge in [-0.05, 0) is 47.0 Å². The van der Waals surface area contributed by atoms with Gasteiger partial charge in [0.15, 0.2) is 11.5 Å². The van der Waals surface area contributed by atoms with Crippen molar-refractivity contribution in [2.24, 2.45) is 0 Å². The van der Waals surface area contributed by atoms with Crippen LogP contribution in [0, 0.1) is 22.7 Å². The molecule has 0 saturated heterocycles. The average molecular weight is 431 g/mol. The summed E-state index contributed by atoms with van der Waals surface area (Å²) in [7, 11) is 0. The number of nitrogen functional groups attached to an aromatic ring is 1. The summed E-state index contributed by atoms with van der Waals surface area (Å²) in [5, 5.41) is 18.9. The molecule has 8 heteroatoms. The first-order chi connectivity index (χ1) is 13.0. The third-order valence-corrected chi connectivity index (χ3v) is 4.40. The molecule has 1 aromatic heterocycles. The number of anilines is 1. The van der Waals surface area contributed by atoms with Gasteiger partial charge in [0.1, 0.15) is 29.1 Å². The van der Waals surface area contributed by atoms with Gasteiger partial charge in [0.05, 0.1) is 17.7 Å². The SMILES string of the molecule is CCCCOc1c(Br)cc(-c2c(C#N)c(N)[nH]c(=O)c2C#N)cc1OCC. The van der Waals surface area contributed by atoms with Crippen LogP contribution in [-0.2, 0) is 0 Å². The van der Waals surface area contributed by atoms with Gasteiger partial charge in [0.2, 0.25) is 0 Å². The maximum absolute atomic E-state index is 12.1. The molecule has 0 aliphatic rings. The standard InChI is InChI=1S/C19H19BrN4O3/c1-3-5-6-27-17-14(20)7-11(8-15(17)26-4-2)16-12(9-21)18(23)24-19(25)13(16)10-22/h7-8H,3-6H2,1-2H3,(H3,23,24,25). The van der Waals surface area contributed by atoms with Crippen LogP contribution in [-0.4, -0.2) is 18.2 Å². The van der Waals surface area contributed by atoms with E-state index in [0.29, 0.717) is 34.7 Å². The van der Waals surface area contributed by atoms with Crippen LogP contribution in [0.2, 0.25) is 0 Å². The molecule has 1 aromatic carbocycles. The number of nitrogens with two attached hydrogens (primary N) is 1. The van der Waals surface area contributed by atoms with Crippen molar-refractivity contribution >= 4 is 21.7 Å². The first kappa shape index (κ1) is 20.3. The minimum absolute atomic E-state index is 0.0279. The van der Waals surface area contributed by atoms with Gasteiger partial charge in [-0.1, -0.05) is 13.3 Å². The summed E-state index contributed by atoms with van der Waals surface area (Å²) in [6, 6.07) is 7.14. The van der Waals surface area contributed by atoms with Crippen molar-refractivity contribution in [3.63, 3.8) is 0 Å². The summed E-state index contributed by atoms with van der Waals surface area (Å²) in [5.41, 5.74) is 5.60. The van der Waals surface area contributed by atoms with Gasteiger partial charge in [0.25, 0.3) is 5.56 Å². The van der Waals surface area contributed by atoms with Crippen molar-refractivity contribution < 1.29 is 9.47 Å². The second-order valence-electron chi connectivity index (χ2n) is 5.64. The maximum Gasteiger partial charge on any atom is 0.268 e. The molecule has 2 rings (SSSR count). The zero-order valence-electron chi connectivity index (χ0n) is 15.1. The molecule has 0 fully saturated rings. The lowest BCUT2D eigenvalue weighted by Gasteiger charge is -2.16. The normalized spacial score (nSPS) is 10.1. The van der Waals surface area contributed by atoms with E-state index < -0.39 is 5.56 Å². The fourth-order valence-corrected chi connectivity index (χ4v) is 3.12. The predicted molar refractivity (Wildman–Crippen MR) is 106 cm³/mol. The Hall–Kier alpha value is -2.97. The van der Waals surface area contributed by atoms with Crippen LogP contribution >= 0.6 is 15.9 Å². The molecule has 0 atom stereocenters. The molecule has 27 heavy (non-hydrogen) atoms. The van der Waals surface area contributed by atoms with E-state index in [0.717, 1.165) is 12.8 Å². The van der Waals surface area contributed by atoms with Gasteiger partial charge in [-0.15, -0.1) is 0 Å². The Morgan fingerprint density at radius 1 is 1.19 bits per heavy atom. The number of H-pyrrole nitrogens is 1. The van der Waals surface area contributed by atoms with Gasteiger partial charge in [-0.2, -0.15) is 10.5 Å². The lowest BCUT2D eigenvalue weighted by molar-refractivity contribution is 0.271. The van der Waals surface area contributed by atoms with E-state index in [-0.39, 0.29) is 22.5 Å². The highest BCUT2D eigenvalue weighted by molar-refractivity contribution is 9.10. The van der Waals surface area contributed by atoms with Gasteiger partial charge in [-0.25, -0.2) is 0 Å². The molecule has 0 spiro atoms. The van der Waals surface area contributed by atoms with Crippen LogP contribution in [0.15, 0.2) is 21.4 Å². The molecule has 2 aromatic rings. The molecule has 0 aliphatic carbocycles. The fourth-order valence-electron chi connectivity index (χ4n) is 2.57. The number of rotatable bonds is 7. The molecular weight excluding hydrogens is 412 g/mol. The monoisotopic (exact) mass is 430 g/mol. The minimum atomic E-state index is -0.652. The molecule has 3 N–H and O–H groups in total. The summed E-state index contributed by atoms with van der Waals surface area (Å²) >= 11 is 3.46. The summed E-state index contributed by atoms with van der Waals surface area (Å²) in [6.07, 6.45) is 1.88. The topological polar surface area (TPSA) is 125 Å². The Kier molecular flexibility index (Phi) is 6.86. The quantitative estimate of drug-likeness (QED) is 0.644. The minimum Gasteiger partial charge on any atom is -0.490 e. The van der Waals surface area contributed by atoms with Crippen molar-refractivity contribution in [2.75, 3.05) is 18.9 Å². The lowest BCUT2D eigenvalue weighted by atomic mass is 9.96. The Morgan fingerprint density at radius 3 is 2.48 bits per heavy atom. The van der Waals surface area contributed by atoms with Crippen molar-refractivity contribution in [2.45, 2.75) is 26.7 Å². The molecule has 140 valence electrons. The summed E-state index contributed by atoms with van der Waals surface area (Å²) in [6.45, 7) is 4.82. The fraction of sp³-hybridized carbons (Fsp3) is 0.316. The van der Waals surface area contributed by atoms with Crippen molar-refractivity contribution in [1.82, 2.24) is 4.98 Å². The van der Waals surface area contributed by atoms with Crippen LogP contribution in [0.4, 0.5) is 5.82 Å². The third kappa shape index (κ3) is 4.24. The van der Waals surface area contributed by atoms with E-state index in [1.807, 2.05) is 19.1 Å². The van der Waals surface area contributed by atoms with E-state index in [2.05, 4.69) is 27.8 Å². The smallest absolute Gasteiger partial charge is 0.268 e. The highest BCUT2D eigenvalue weighted by atomic mass is 79.9. The Morgan fingerprint density at radius 2 is 1.89 bits per heavy atom. The van der Waals surface area contributed by atoms with Gasteiger partial charge in [0, 0.05) is 5.56 Å². The molecule has 0 radical (unpaired) electrons. The van der Waals surface area contributed by atoms with Gasteiger partial charge >= 0.3 is 0 Å². The number of hydrogen-bond donors (Lipinski definition) is 2. The highest BCUT2D eigenvalue weighted by Gasteiger charge is 2.21. The zero-order chi connectivity index (χ0) is 20.0. The molecule has 1 heterocycles. The zero-order valence-corrected chi connectivity index (χ0v) is 16.6. The Bertz CT molecular complexity index is 986. The average Bonchev–Trinajstić information content (AvgIpc) is 2.63. The molecule has 0 amide bonds. The number of nitrogens with one attached hydrogen (secondary N) is 1. The van der Waals surface area contributed by atoms with Crippen LogP contribution in [0.25, 0.3) is 11.1 Å².